The molecule has 0 bridgehead atoms. The van der Waals surface area contributed by atoms with E-state index in [1.807, 2.05) is 12.1 Å². The number of hydrogen-bond donors (Lipinski definition) is 2. The lowest BCUT2D eigenvalue weighted by atomic mass is 10.1. The van der Waals surface area contributed by atoms with Crippen LogP contribution in [-0.4, -0.2) is 24.2 Å². The molecule has 15 heavy (non-hydrogen) atoms. The van der Waals surface area contributed by atoms with Gasteiger partial charge in [-0.1, -0.05) is 12.1 Å². The van der Waals surface area contributed by atoms with Crippen molar-refractivity contribution in [3.63, 3.8) is 0 Å². The van der Waals surface area contributed by atoms with Gasteiger partial charge in [-0.25, -0.2) is 0 Å². The van der Waals surface area contributed by atoms with Crippen molar-refractivity contribution in [1.29, 1.82) is 0 Å². The highest BCUT2D eigenvalue weighted by Crippen LogP contribution is 2.33. The van der Waals surface area contributed by atoms with Gasteiger partial charge >= 0.3 is 0 Å². The zero-order valence-corrected chi connectivity index (χ0v) is 9.33. The SMILES string of the molecule is CC(C)N1CCNc2cccc(CO)c21. The Morgan fingerprint density at radius 1 is 1.47 bits per heavy atom. The van der Waals surface area contributed by atoms with Crippen LogP contribution in [0.15, 0.2) is 18.2 Å². The molecule has 3 nitrogen and oxygen atoms in total. The Labute approximate surface area is 90.7 Å². The summed E-state index contributed by atoms with van der Waals surface area (Å²) < 4.78 is 0. The molecule has 0 atom stereocenters. The van der Waals surface area contributed by atoms with Crippen molar-refractivity contribution in [2.45, 2.75) is 26.5 Å². The maximum atomic E-state index is 9.34. The van der Waals surface area contributed by atoms with Gasteiger partial charge in [-0.15, -0.1) is 0 Å². The van der Waals surface area contributed by atoms with Gasteiger partial charge in [-0.2, -0.15) is 0 Å². The van der Waals surface area contributed by atoms with Crippen LogP contribution >= 0.6 is 0 Å². The van der Waals surface area contributed by atoms with Gasteiger partial charge in [0.05, 0.1) is 18.0 Å². The minimum Gasteiger partial charge on any atom is -0.392 e. The van der Waals surface area contributed by atoms with Crippen LogP contribution in [0, 0.1) is 0 Å². The lowest BCUT2D eigenvalue weighted by Crippen LogP contribution is -2.39. The summed E-state index contributed by atoms with van der Waals surface area (Å²) in [6, 6.07) is 6.52. The molecular formula is C12H18N2O. The van der Waals surface area contributed by atoms with E-state index in [4.69, 9.17) is 0 Å². The molecule has 0 saturated heterocycles. The van der Waals surface area contributed by atoms with Crippen molar-refractivity contribution in [1.82, 2.24) is 0 Å². The predicted octanol–water partition coefficient (Wildman–Crippen LogP) is 1.82. The number of aliphatic hydroxyl groups is 1. The molecule has 0 saturated carbocycles. The third-order valence-corrected chi connectivity index (χ3v) is 2.87. The second-order valence-electron chi connectivity index (χ2n) is 4.19. The Hall–Kier alpha value is -1.22. The Kier molecular flexibility index (Phi) is 2.82. The molecule has 0 fully saturated rings. The van der Waals surface area contributed by atoms with Crippen molar-refractivity contribution in [2.75, 3.05) is 23.3 Å². The first kappa shape index (κ1) is 10.3. The molecule has 2 rings (SSSR count). The van der Waals surface area contributed by atoms with Crippen LogP contribution in [0.5, 0.6) is 0 Å². The average molecular weight is 206 g/mol. The van der Waals surface area contributed by atoms with Crippen LogP contribution in [-0.2, 0) is 6.61 Å². The minimum absolute atomic E-state index is 0.105. The predicted molar refractivity (Wildman–Crippen MR) is 63.3 cm³/mol. The van der Waals surface area contributed by atoms with Crippen molar-refractivity contribution in [3.05, 3.63) is 23.8 Å². The number of anilines is 2. The number of para-hydroxylation sites is 1. The Bertz CT molecular complexity index is 335. The van der Waals surface area contributed by atoms with E-state index < -0.39 is 0 Å². The van der Waals surface area contributed by atoms with Gasteiger partial charge in [0.2, 0.25) is 0 Å². The fourth-order valence-electron chi connectivity index (χ4n) is 2.14. The Balaban J connectivity index is 2.47. The second kappa shape index (κ2) is 4.11. The van der Waals surface area contributed by atoms with Gasteiger partial charge in [0.15, 0.2) is 0 Å². The van der Waals surface area contributed by atoms with Gasteiger partial charge in [-0.05, 0) is 19.9 Å². The number of nitrogens with one attached hydrogen (secondary N) is 1. The van der Waals surface area contributed by atoms with E-state index in [-0.39, 0.29) is 6.61 Å². The highest BCUT2D eigenvalue weighted by molar-refractivity contribution is 5.75. The van der Waals surface area contributed by atoms with Crippen molar-refractivity contribution in [2.24, 2.45) is 0 Å². The van der Waals surface area contributed by atoms with Crippen molar-refractivity contribution in [3.8, 4) is 0 Å². The first-order valence-corrected chi connectivity index (χ1v) is 5.47. The van der Waals surface area contributed by atoms with Crippen LogP contribution < -0.4 is 10.2 Å². The topological polar surface area (TPSA) is 35.5 Å². The summed E-state index contributed by atoms with van der Waals surface area (Å²) >= 11 is 0. The van der Waals surface area contributed by atoms with Gasteiger partial charge in [0, 0.05) is 24.7 Å². The largest absolute Gasteiger partial charge is 0.392 e. The summed E-state index contributed by atoms with van der Waals surface area (Å²) in [6.07, 6.45) is 0. The third kappa shape index (κ3) is 1.79. The summed E-state index contributed by atoms with van der Waals surface area (Å²) in [4.78, 5) is 2.34. The highest BCUT2D eigenvalue weighted by Gasteiger charge is 2.21. The van der Waals surface area contributed by atoms with Crippen LogP contribution in [0.2, 0.25) is 0 Å². The Morgan fingerprint density at radius 2 is 2.27 bits per heavy atom. The molecule has 82 valence electrons. The van der Waals surface area contributed by atoms with E-state index in [0.717, 1.165) is 24.3 Å². The fraction of sp³-hybridized carbons (Fsp3) is 0.500. The molecule has 1 heterocycles. The maximum Gasteiger partial charge on any atom is 0.0702 e. The van der Waals surface area contributed by atoms with Gasteiger partial charge in [0.1, 0.15) is 0 Å². The summed E-state index contributed by atoms with van der Waals surface area (Å²) in [5.41, 5.74) is 3.32. The summed E-state index contributed by atoms with van der Waals surface area (Å²) in [7, 11) is 0. The Morgan fingerprint density at radius 3 is 2.93 bits per heavy atom. The molecule has 0 radical (unpaired) electrons. The van der Waals surface area contributed by atoms with Gasteiger partial charge in [0.25, 0.3) is 0 Å². The number of rotatable bonds is 2. The second-order valence-corrected chi connectivity index (χ2v) is 4.19. The van der Waals surface area contributed by atoms with Crippen LogP contribution in [0.4, 0.5) is 11.4 Å². The fourth-order valence-corrected chi connectivity index (χ4v) is 2.14. The molecule has 0 spiro atoms. The number of benzene rings is 1. The van der Waals surface area contributed by atoms with E-state index >= 15 is 0 Å². The van der Waals surface area contributed by atoms with Crippen LogP contribution in [0.1, 0.15) is 19.4 Å². The standard InChI is InChI=1S/C12H18N2O/c1-9(2)14-7-6-13-11-5-3-4-10(8-15)12(11)14/h3-5,9,13,15H,6-8H2,1-2H3. The first-order valence-electron chi connectivity index (χ1n) is 5.47. The molecule has 0 unspecified atom stereocenters. The molecule has 1 aromatic rings. The molecule has 1 aliphatic heterocycles. The van der Waals surface area contributed by atoms with Crippen LogP contribution in [0.25, 0.3) is 0 Å². The summed E-state index contributed by atoms with van der Waals surface area (Å²) in [5, 5.41) is 12.7. The van der Waals surface area contributed by atoms with E-state index in [1.54, 1.807) is 0 Å². The highest BCUT2D eigenvalue weighted by atomic mass is 16.3. The number of hydrogen-bond acceptors (Lipinski definition) is 3. The van der Waals surface area contributed by atoms with Crippen molar-refractivity contribution >= 4 is 11.4 Å². The third-order valence-electron chi connectivity index (χ3n) is 2.87. The summed E-state index contributed by atoms with van der Waals surface area (Å²) in [6.45, 7) is 6.45. The molecule has 2 N–H and O–H groups in total. The lowest BCUT2D eigenvalue weighted by molar-refractivity contribution is 0.282. The molecule has 1 aliphatic rings. The normalized spacial score (nSPS) is 15.1. The first-order chi connectivity index (χ1) is 7.24. The number of fused-ring (bicyclic) bond motifs is 1. The van der Waals surface area contributed by atoms with Gasteiger partial charge in [-0.3, -0.25) is 0 Å². The molecule has 1 aromatic carbocycles. The number of nitrogens with zero attached hydrogens (tertiary/aromatic N) is 1. The molecule has 3 heteroatoms. The zero-order valence-electron chi connectivity index (χ0n) is 9.33. The summed E-state index contributed by atoms with van der Waals surface area (Å²) in [5.74, 6) is 0. The molecule has 0 amide bonds. The van der Waals surface area contributed by atoms with E-state index in [0.29, 0.717) is 6.04 Å². The van der Waals surface area contributed by atoms with E-state index in [9.17, 15) is 5.11 Å². The van der Waals surface area contributed by atoms with Gasteiger partial charge < -0.3 is 15.3 Å². The molecular weight excluding hydrogens is 188 g/mol. The zero-order chi connectivity index (χ0) is 10.8. The number of aliphatic hydroxyl groups excluding tert-OH is 1. The average Bonchev–Trinajstić information content (AvgIpc) is 2.27. The lowest BCUT2D eigenvalue weighted by Gasteiger charge is -2.36. The van der Waals surface area contributed by atoms with E-state index in [1.165, 1.54) is 5.69 Å². The quantitative estimate of drug-likeness (QED) is 0.774. The van der Waals surface area contributed by atoms with E-state index in [2.05, 4.69) is 30.1 Å². The van der Waals surface area contributed by atoms with Crippen molar-refractivity contribution < 1.29 is 5.11 Å². The monoisotopic (exact) mass is 206 g/mol. The van der Waals surface area contributed by atoms with Crippen LogP contribution in [0.3, 0.4) is 0 Å². The maximum absolute atomic E-state index is 9.34. The molecule has 0 aliphatic carbocycles. The molecule has 0 aromatic heterocycles. The minimum atomic E-state index is 0.105. The smallest absolute Gasteiger partial charge is 0.0702 e.